The number of rotatable bonds is 9. The molecule has 2 N–H and O–H groups in total. The van der Waals surface area contributed by atoms with E-state index in [0.717, 1.165) is 41.5 Å². The van der Waals surface area contributed by atoms with Gasteiger partial charge >= 0.3 is 0 Å². The number of halogens is 1. The first kappa shape index (κ1) is 26.1. The number of aryl methyl sites for hydroxylation is 1. The number of carbonyl (C=O) groups is 2. The smallest absolute Gasteiger partial charge is 0.242 e. The van der Waals surface area contributed by atoms with Crippen LogP contribution in [0.4, 0.5) is 4.39 Å². The van der Waals surface area contributed by atoms with Crippen LogP contribution >= 0.6 is 11.8 Å². The predicted octanol–water partition coefficient (Wildman–Crippen LogP) is 4.52. The van der Waals surface area contributed by atoms with Crippen LogP contribution in [0.5, 0.6) is 0 Å². The number of aromatic nitrogens is 4. The third-order valence-corrected chi connectivity index (χ3v) is 7.71. The van der Waals surface area contributed by atoms with E-state index in [4.69, 9.17) is 4.98 Å². The molecule has 38 heavy (non-hydrogen) atoms. The Bertz CT molecular complexity index is 1470. The van der Waals surface area contributed by atoms with Crippen LogP contribution in [0.3, 0.4) is 0 Å². The summed E-state index contributed by atoms with van der Waals surface area (Å²) in [7, 11) is 0. The Hall–Kier alpha value is -3.53. The Morgan fingerprint density at radius 1 is 1.18 bits per heavy atom. The quantitative estimate of drug-likeness (QED) is 0.242. The highest BCUT2D eigenvalue weighted by atomic mass is 32.2. The fourth-order valence-electron chi connectivity index (χ4n) is 4.77. The van der Waals surface area contributed by atoms with Gasteiger partial charge in [0.1, 0.15) is 17.4 Å². The van der Waals surface area contributed by atoms with Crippen LogP contribution in [-0.4, -0.2) is 49.9 Å². The highest BCUT2D eigenvalue weighted by molar-refractivity contribution is 7.99. The average molecular weight is 535 g/mol. The average Bonchev–Trinajstić information content (AvgIpc) is 3.04. The van der Waals surface area contributed by atoms with E-state index in [9.17, 15) is 14.0 Å². The first-order valence-electron chi connectivity index (χ1n) is 13.1. The van der Waals surface area contributed by atoms with Gasteiger partial charge in [-0.3, -0.25) is 9.59 Å². The molecule has 10 heteroatoms. The molecule has 2 amide bonds. The molecule has 0 saturated carbocycles. The number of thioether (sulfide) groups is 1. The zero-order valence-corrected chi connectivity index (χ0v) is 22.2. The number of carbonyl (C=O) groups excluding carboxylic acids is 2. The molecule has 0 radical (unpaired) electrons. The minimum absolute atomic E-state index is 0.0889. The highest BCUT2D eigenvalue weighted by Crippen LogP contribution is 2.29. The van der Waals surface area contributed by atoms with Gasteiger partial charge in [-0.1, -0.05) is 41.6 Å². The molecule has 1 aliphatic rings. The van der Waals surface area contributed by atoms with Gasteiger partial charge in [0.05, 0.1) is 12.1 Å². The van der Waals surface area contributed by atoms with Crippen molar-refractivity contribution in [1.29, 1.82) is 0 Å². The van der Waals surface area contributed by atoms with Gasteiger partial charge in [-0.25, -0.2) is 9.37 Å². The minimum Gasteiger partial charge on any atom is -0.354 e. The van der Waals surface area contributed by atoms with Crippen molar-refractivity contribution in [2.45, 2.75) is 63.2 Å². The van der Waals surface area contributed by atoms with Crippen LogP contribution in [0.1, 0.15) is 49.7 Å². The Kier molecular flexibility index (Phi) is 8.17. The first-order valence-corrected chi connectivity index (χ1v) is 14.0. The zero-order chi connectivity index (χ0) is 26.5. The molecular weight excluding hydrogens is 503 g/mol. The van der Waals surface area contributed by atoms with E-state index in [1.807, 2.05) is 29.7 Å². The van der Waals surface area contributed by atoms with Gasteiger partial charge in [0.2, 0.25) is 17.0 Å². The second-order valence-electron chi connectivity index (χ2n) is 9.68. The van der Waals surface area contributed by atoms with Crippen molar-refractivity contribution >= 4 is 45.6 Å². The molecule has 1 atom stereocenters. The van der Waals surface area contributed by atoms with Crippen LogP contribution in [-0.2, 0) is 16.1 Å². The summed E-state index contributed by atoms with van der Waals surface area (Å²) in [6.07, 6.45) is 4.44. The lowest BCUT2D eigenvalue weighted by molar-refractivity contribution is -0.128. The van der Waals surface area contributed by atoms with E-state index in [0.29, 0.717) is 54.2 Å². The van der Waals surface area contributed by atoms with Crippen molar-refractivity contribution in [3.63, 3.8) is 0 Å². The van der Waals surface area contributed by atoms with Crippen LogP contribution < -0.4 is 10.6 Å². The lowest BCUT2D eigenvalue weighted by Gasteiger charge is -2.15. The van der Waals surface area contributed by atoms with Crippen LogP contribution in [0.25, 0.3) is 22.1 Å². The van der Waals surface area contributed by atoms with Crippen molar-refractivity contribution in [2.24, 2.45) is 0 Å². The fourth-order valence-corrected chi connectivity index (χ4v) is 5.55. The normalized spacial score (nSPS) is 15.9. The molecule has 8 nitrogen and oxygen atoms in total. The monoisotopic (exact) mass is 534 g/mol. The molecular formula is C28H31FN6O2S. The van der Waals surface area contributed by atoms with E-state index in [2.05, 4.69) is 26.9 Å². The van der Waals surface area contributed by atoms with Gasteiger partial charge < -0.3 is 15.2 Å². The van der Waals surface area contributed by atoms with E-state index in [1.165, 1.54) is 17.8 Å². The maximum absolute atomic E-state index is 14.5. The van der Waals surface area contributed by atoms with E-state index >= 15 is 0 Å². The van der Waals surface area contributed by atoms with Crippen molar-refractivity contribution in [2.75, 3.05) is 12.3 Å². The van der Waals surface area contributed by atoms with Crippen molar-refractivity contribution < 1.29 is 14.0 Å². The van der Waals surface area contributed by atoms with Crippen LogP contribution in [0.15, 0.2) is 47.6 Å². The van der Waals surface area contributed by atoms with Crippen molar-refractivity contribution in [3.8, 4) is 0 Å². The van der Waals surface area contributed by atoms with Crippen molar-refractivity contribution in [3.05, 3.63) is 59.4 Å². The molecule has 1 aliphatic heterocycles. The zero-order valence-electron chi connectivity index (χ0n) is 21.4. The van der Waals surface area contributed by atoms with Crippen LogP contribution in [0.2, 0.25) is 0 Å². The maximum Gasteiger partial charge on any atom is 0.242 e. The lowest BCUT2D eigenvalue weighted by Crippen LogP contribution is -2.45. The number of fused-ring (bicyclic) bond motifs is 3. The highest BCUT2D eigenvalue weighted by Gasteiger charge is 2.22. The summed E-state index contributed by atoms with van der Waals surface area (Å²) in [6, 6.07) is 12.4. The van der Waals surface area contributed by atoms with Gasteiger partial charge in [-0.15, -0.1) is 10.2 Å². The Balaban J connectivity index is 1.24. The number of benzene rings is 2. The van der Waals surface area contributed by atoms with Gasteiger partial charge in [-0.2, -0.15) is 0 Å². The molecule has 1 unspecified atom stereocenters. The second kappa shape index (κ2) is 11.9. The predicted molar refractivity (Wildman–Crippen MR) is 146 cm³/mol. The molecule has 5 rings (SSSR count). The number of hydrogen-bond donors (Lipinski definition) is 2. The molecule has 1 fully saturated rings. The number of amides is 2. The van der Waals surface area contributed by atoms with Gasteiger partial charge in [-0.05, 0) is 57.2 Å². The van der Waals surface area contributed by atoms with E-state index in [1.54, 1.807) is 12.1 Å². The maximum atomic E-state index is 14.5. The van der Waals surface area contributed by atoms with Crippen molar-refractivity contribution in [1.82, 2.24) is 30.4 Å². The topological polar surface area (TPSA) is 102 Å². The Morgan fingerprint density at radius 3 is 2.92 bits per heavy atom. The molecule has 4 aromatic rings. The van der Waals surface area contributed by atoms with Crippen LogP contribution in [0, 0.1) is 12.7 Å². The Morgan fingerprint density at radius 2 is 2.05 bits per heavy atom. The largest absolute Gasteiger partial charge is 0.354 e. The number of nitrogens with zero attached hydrogens (tertiary/aromatic N) is 4. The molecule has 1 saturated heterocycles. The van der Waals surface area contributed by atoms with E-state index < -0.39 is 6.04 Å². The van der Waals surface area contributed by atoms with E-state index in [-0.39, 0.29) is 17.6 Å². The lowest BCUT2D eigenvalue weighted by atomic mass is 10.1. The summed E-state index contributed by atoms with van der Waals surface area (Å²) in [5.41, 5.74) is 3.99. The first-order chi connectivity index (χ1) is 18.5. The summed E-state index contributed by atoms with van der Waals surface area (Å²) >= 11 is 1.49. The molecule has 0 aliphatic carbocycles. The summed E-state index contributed by atoms with van der Waals surface area (Å²) in [5.74, 6) is 0.296. The fraction of sp³-hybridized carbons (Fsp3) is 0.393. The third kappa shape index (κ3) is 5.96. The number of hydrogen-bond acceptors (Lipinski definition) is 6. The summed E-state index contributed by atoms with van der Waals surface area (Å²) < 4.78 is 16.5. The number of unbranched alkanes of at least 4 members (excludes halogenated alkanes) is 1. The summed E-state index contributed by atoms with van der Waals surface area (Å²) in [6.45, 7) is 3.04. The second-order valence-corrected chi connectivity index (χ2v) is 10.7. The SMILES string of the molecule is Cc1ccc2c(c1)c1nnc(SCCCCC(=O)NC3CCCCNC3=O)nc1n2Cc1ccccc1F. The molecule has 2 aromatic carbocycles. The van der Waals surface area contributed by atoms with Gasteiger partial charge in [0.15, 0.2) is 5.65 Å². The molecule has 0 bridgehead atoms. The Labute approximate surface area is 224 Å². The van der Waals surface area contributed by atoms with Gasteiger partial charge in [0.25, 0.3) is 0 Å². The standard InChI is InChI=1S/C28H31FN6O2S/c1-18-12-13-23-20(16-18)25-26(35(23)17-19-8-2-3-9-21(19)29)32-28(34-33-25)38-15-7-5-11-24(36)31-22-10-4-6-14-30-27(22)37/h2-3,8-9,12-13,16,22H,4-7,10-11,14-15,17H2,1H3,(H,30,37)(H,31,36). The summed E-state index contributed by atoms with van der Waals surface area (Å²) in [5, 5.41) is 16.0. The third-order valence-electron chi connectivity index (χ3n) is 6.79. The summed E-state index contributed by atoms with van der Waals surface area (Å²) in [4.78, 5) is 29.1. The van der Waals surface area contributed by atoms with Gasteiger partial charge in [0, 0.05) is 29.7 Å². The molecule has 2 aromatic heterocycles. The molecule has 0 spiro atoms. The minimum atomic E-state index is -0.425. The molecule has 198 valence electrons. The molecule has 3 heterocycles. The number of nitrogens with one attached hydrogen (secondary N) is 2.